The number of aromatic nitrogens is 1. The second kappa shape index (κ2) is 4.78. The molecule has 1 atom stereocenters. The van der Waals surface area contributed by atoms with Gasteiger partial charge >= 0.3 is 0 Å². The fourth-order valence-electron chi connectivity index (χ4n) is 2.13. The molecule has 92 valence electrons. The summed E-state index contributed by atoms with van der Waals surface area (Å²) < 4.78 is 5.77. The Balaban J connectivity index is 1.96. The lowest BCUT2D eigenvalue weighted by atomic mass is 10.0. The van der Waals surface area contributed by atoms with Crippen molar-refractivity contribution in [1.82, 2.24) is 10.3 Å². The Morgan fingerprint density at radius 1 is 1.28 bits per heavy atom. The molecule has 0 spiro atoms. The van der Waals surface area contributed by atoms with E-state index in [0.29, 0.717) is 6.04 Å². The maximum absolute atomic E-state index is 5.77. The predicted molar refractivity (Wildman–Crippen MR) is 71.5 cm³/mol. The van der Waals surface area contributed by atoms with Crippen LogP contribution in [0.1, 0.15) is 12.5 Å². The Bertz CT molecular complexity index is 539. The first-order valence-corrected chi connectivity index (χ1v) is 6.22. The fraction of sp³-hybridized carbons (Fsp3) is 0.267. The lowest BCUT2D eigenvalue weighted by molar-refractivity contribution is 0.287. The summed E-state index contributed by atoms with van der Waals surface area (Å²) >= 11 is 0. The van der Waals surface area contributed by atoms with Crippen LogP contribution in [0.4, 0.5) is 0 Å². The van der Waals surface area contributed by atoms with Crippen molar-refractivity contribution in [3.05, 3.63) is 48.3 Å². The zero-order chi connectivity index (χ0) is 12.4. The lowest BCUT2D eigenvalue weighted by Gasteiger charge is -2.09. The minimum atomic E-state index is 0.388. The highest BCUT2D eigenvalue weighted by Gasteiger charge is 2.13. The van der Waals surface area contributed by atoms with Gasteiger partial charge in [0, 0.05) is 36.1 Å². The molecule has 0 saturated heterocycles. The van der Waals surface area contributed by atoms with Crippen LogP contribution < -0.4 is 10.1 Å². The molecule has 0 amide bonds. The van der Waals surface area contributed by atoms with Gasteiger partial charge in [-0.05, 0) is 30.7 Å². The molecule has 1 N–H and O–H groups in total. The zero-order valence-electron chi connectivity index (χ0n) is 10.4. The maximum atomic E-state index is 5.77. The van der Waals surface area contributed by atoms with E-state index in [2.05, 4.69) is 41.5 Å². The molecule has 3 nitrogen and oxygen atoms in total. The van der Waals surface area contributed by atoms with Crippen molar-refractivity contribution < 1.29 is 4.74 Å². The molecular formula is C15H16N2O. The molecule has 0 fully saturated rings. The third kappa shape index (κ3) is 2.22. The number of nitrogens with one attached hydrogen (secondary N) is 1. The standard InChI is InChI=1S/C15H16N2O/c1-11-10-18-15-5-4-12(7-14(15)9-17-11)13-3-2-6-16-8-13/h2-8,11,17H,9-10H2,1H3/t11-/m0/s1. The summed E-state index contributed by atoms with van der Waals surface area (Å²) in [5, 5.41) is 3.44. The van der Waals surface area contributed by atoms with E-state index in [-0.39, 0.29) is 0 Å². The monoisotopic (exact) mass is 240 g/mol. The van der Waals surface area contributed by atoms with Crippen molar-refractivity contribution in [2.75, 3.05) is 6.61 Å². The zero-order valence-corrected chi connectivity index (χ0v) is 10.4. The normalized spacial score (nSPS) is 18.6. The van der Waals surface area contributed by atoms with Gasteiger partial charge in [-0.2, -0.15) is 0 Å². The van der Waals surface area contributed by atoms with E-state index in [4.69, 9.17) is 4.74 Å². The number of ether oxygens (including phenoxy) is 1. The molecule has 0 unspecified atom stereocenters. The van der Waals surface area contributed by atoms with E-state index in [9.17, 15) is 0 Å². The lowest BCUT2D eigenvalue weighted by Crippen LogP contribution is -2.28. The second-order valence-corrected chi connectivity index (χ2v) is 4.66. The van der Waals surface area contributed by atoms with Gasteiger partial charge in [-0.25, -0.2) is 0 Å². The topological polar surface area (TPSA) is 34.1 Å². The Morgan fingerprint density at radius 2 is 2.22 bits per heavy atom. The van der Waals surface area contributed by atoms with Crippen molar-refractivity contribution in [1.29, 1.82) is 0 Å². The first-order valence-electron chi connectivity index (χ1n) is 6.22. The molecule has 18 heavy (non-hydrogen) atoms. The average Bonchev–Trinajstić information content (AvgIpc) is 2.62. The number of hydrogen-bond acceptors (Lipinski definition) is 3. The van der Waals surface area contributed by atoms with Crippen molar-refractivity contribution in [3.63, 3.8) is 0 Å². The molecule has 3 heteroatoms. The molecule has 1 aliphatic rings. The summed E-state index contributed by atoms with van der Waals surface area (Å²) in [5.41, 5.74) is 3.53. The molecule has 3 rings (SSSR count). The molecule has 2 aromatic rings. The van der Waals surface area contributed by atoms with Gasteiger partial charge in [-0.3, -0.25) is 4.98 Å². The van der Waals surface area contributed by atoms with E-state index in [1.54, 1.807) is 6.20 Å². The number of nitrogens with zero attached hydrogens (tertiary/aromatic N) is 1. The molecule has 0 radical (unpaired) electrons. The minimum absolute atomic E-state index is 0.388. The molecule has 0 saturated carbocycles. The highest BCUT2D eigenvalue weighted by molar-refractivity contribution is 5.64. The van der Waals surface area contributed by atoms with Gasteiger partial charge < -0.3 is 10.1 Å². The number of hydrogen-bond donors (Lipinski definition) is 1. The molecule has 0 bridgehead atoms. The number of fused-ring (bicyclic) bond motifs is 1. The largest absolute Gasteiger partial charge is 0.492 e. The van der Waals surface area contributed by atoms with Crippen LogP contribution in [0.15, 0.2) is 42.7 Å². The van der Waals surface area contributed by atoms with Gasteiger partial charge in [-0.1, -0.05) is 12.1 Å². The van der Waals surface area contributed by atoms with E-state index in [1.165, 1.54) is 11.1 Å². The Kier molecular flexibility index (Phi) is 2.99. The van der Waals surface area contributed by atoms with E-state index < -0.39 is 0 Å². The second-order valence-electron chi connectivity index (χ2n) is 4.66. The van der Waals surface area contributed by atoms with Crippen LogP contribution in [0.5, 0.6) is 5.75 Å². The van der Waals surface area contributed by atoms with Gasteiger partial charge in [0.05, 0.1) is 0 Å². The van der Waals surface area contributed by atoms with Crippen LogP contribution in [0.3, 0.4) is 0 Å². The third-order valence-electron chi connectivity index (χ3n) is 3.19. The molecular weight excluding hydrogens is 224 g/mol. The molecule has 0 aliphatic carbocycles. The van der Waals surface area contributed by atoms with Crippen molar-refractivity contribution >= 4 is 0 Å². The Labute approximate surface area is 107 Å². The quantitative estimate of drug-likeness (QED) is 0.832. The summed E-state index contributed by atoms with van der Waals surface area (Å²) in [6.07, 6.45) is 3.68. The summed E-state index contributed by atoms with van der Waals surface area (Å²) in [6, 6.07) is 10.7. The van der Waals surface area contributed by atoms with Crippen LogP contribution in [0.2, 0.25) is 0 Å². The van der Waals surface area contributed by atoms with Gasteiger partial charge in [0.25, 0.3) is 0 Å². The molecule has 2 heterocycles. The Hall–Kier alpha value is -1.87. The number of rotatable bonds is 1. The van der Waals surface area contributed by atoms with Crippen LogP contribution in [-0.2, 0) is 6.54 Å². The third-order valence-corrected chi connectivity index (χ3v) is 3.19. The van der Waals surface area contributed by atoms with E-state index in [1.807, 2.05) is 12.3 Å². The SMILES string of the molecule is C[C@H]1COc2ccc(-c3cccnc3)cc2CN1. The summed E-state index contributed by atoms with van der Waals surface area (Å²) in [5.74, 6) is 0.986. The van der Waals surface area contributed by atoms with Gasteiger partial charge in [0.15, 0.2) is 0 Å². The smallest absolute Gasteiger partial charge is 0.123 e. The highest BCUT2D eigenvalue weighted by Crippen LogP contribution is 2.27. The van der Waals surface area contributed by atoms with Gasteiger partial charge in [0.1, 0.15) is 12.4 Å². The minimum Gasteiger partial charge on any atom is -0.492 e. The maximum Gasteiger partial charge on any atom is 0.123 e. The summed E-state index contributed by atoms with van der Waals surface area (Å²) in [7, 11) is 0. The molecule has 1 aromatic heterocycles. The van der Waals surface area contributed by atoms with Crippen molar-refractivity contribution in [3.8, 4) is 16.9 Å². The van der Waals surface area contributed by atoms with Crippen molar-refractivity contribution in [2.24, 2.45) is 0 Å². The average molecular weight is 240 g/mol. The first kappa shape index (κ1) is 11.2. The fourth-order valence-corrected chi connectivity index (χ4v) is 2.13. The summed E-state index contributed by atoms with van der Waals surface area (Å²) in [6.45, 7) is 3.71. The molecule has 1 aliphatic heterocycles. The number of benzene rings is 1. The van der Waals surface area contributed by atoms with Crippen molar-refractivity contribution in [2.45, 2.75) is 19.5 Å². The highest BCUT2D eigenvalue weighted by atomic mass is 16.5. The molecule has 1 aromatic carbocycles. The van der Waals surface area contributed by atoms with Crippen LogP contribution in [0, 0.1) is 0 Å². The van der Waals surface area contributed by atoms with Crippen LogP contribution >= 0.6 is 0 Å². The van der Waals surface area contributed by atoms with Gasteiger partial charge in [-0.15, -0.1) is 0 Å². The van der Waals surface area contributed by atoms with Crippen LogP contribution in [-0.4, -0.2) is 17.6 Å². The predicted octanol–water partition coefficient (Wildman–Crippen LogP) is 2.62. The Morgan fingerprint density at radius 3 is 3.06 bits per heavy atom. The van der Waals surface area contributed by atoms with Gasteiger partial charge in [0.2, 0.25) is 0 Å². The first-order chi connectivity index (χ1) is 8.83. The van der Waals surface area contributed by atoms with E-state index >= 15 is 0 Å². The van der Waals surface area contributed by atoms with Crippen LogP contribution in [0.25, 0.3) is 11.1 Å². The number of pyridine rings is 1. The van der Waals surface area contributed by atoms with E-state index in [0.717, 1.165) is 24.5 Å². The summed E-state index contributed by atoms with van der Waals surface area (Å²) in [4.78, 5) is 4.16.